The zero-order valence-electron chi connectivity index (χ0n) is 13.0. The van der Waals surface area contributed by atoms with Crippen LogP contribution >= 0.6 is 0 Å². The molecule has 0 aromatic heterocycles. The Labute approximate surface area is 127 Å². The molecular weight excluding hydrogens is 268 g/mol. The highest BCUT2D eigenvalue weighted by Gasteiger charge is 2.23. The first kappa shape index (κ1) is 16.4. The van der Waals surface area contributed by atoms with Gasteiger partial charge in [0.1, 0.15) is 11.6 Å². The van der Waals surface area contributed by atoms with Crippen LogP contribution in [0, 0.1) is 17.6 Å². The normalized spacial score (nSPS) is 18.4. The number of nitrogens with one attached hydrogen (secondary N) is 1. The minimum atomic E-state index is -0.419. The molecule has 1 unspecified atom stereocenters. The lowest BCUT2D eigenvalue weighted by Crippen LogP contribution is -2.26. The predicted octanol–water partition coefficient (Wildman–Crippen LogP) is 5.37. The monoisotopic (exact) mass is 295 g/mol. The summed E-state index contributed by atoms with van der Waals surface area (Å²) in [5, 5.41) is 3.36. The third-order valence-corrected chi connectivity index (χ3v) is 4.53. The van der Waals surface area contributed by atoms with Gasteiger partial charge in [-0.3, -0.25) is 0 Å². The Morgan fingerprint density at radius 3 is 2.29 bits per heavy atom. The maximum Gasteiger partial charge on any atom is 0.130 e. The van der Waals surface area contributed by atoms with Crippen molar-refractivity contribution in [3.05, 3.63) is 35.4 Å². The van der Waals surface area contributed by atoms with Gasteiger partial charge in [0.05, 0.1) is 0 Å². The van der Waals surface area contributed by atoms with Crippen LogP contribution in [0.3, 0.4) is 0 Å². The van der Waals surface area contributed by atoms with E-state index in [9.17, 15) is 8.78 Å². The fourth-order valence-electron chi connectivity index (χ4n) is 3.40. The molecule has 0 spiro atoms. The lowest BCUT2D eigenvalue weighted by atomic mass is 9.89. The molecule has 1 saturated carbocycles. The SMILES string of the molecule is CCCNC(CC1CCCCCC1)c1c(F)cccc1F. The summed E-state index contributed by atoms with van der Waals surface area (Å²) >= 11 is 0. The Kier molecular flexibility index (Phi) is 6.62. The Bertz CT molecular complexity index is 405. The highest BCUT2D eigenvalue weighted by atomic mass is 19.1. The Balaban J connectivity index is 2.13. The molecule has 0 radical (unpaired) electrons. The van der Waals surface area contributed by atoms with Crippen molar-refractivity contribution >= 4 is 0 Å². The summed E-state index contributed by atoms with van der Waals surface area (Å²) in [5.41, 5.74) is 0.232. The van der Waals surface area contributed by atoms with Gasteiger partial charge in [0, 0.05) is 11.6 Å². The van der Waals surface area contributed by atoms with Crippen molar-refractivity contribution in [2.24, 2.45) is 5.92 Å². The lowest BCUT2D eigenvalue weighted by Gasteiger charge is -2.25. The van der Waals surface area contributed by atoms with Crippen LogP contribution in [-0.4, -0.2) is 6.54 Å². The van der Waals surface area contributed by atoms with Crippen molar-refractivity contribution in [1.29, 1.82) is 0 Å². The van der Waals surface area contributed by atoms with Crippen LogP contribution in [0.15, 0.2) is 18.2 Å². The first-order chi connectivity index (χ1) is 10.2. The molecule has 3 heteroatoms. The second kappa shape index (κ2) is 8.47. The molecule has 1 aliphatic rings. The molecule has 2 rings (SSSR count). The van der Waals surface area contributed by atoms with E-state index in [0.29, 0.717) is 5.92 Å². The maximum atomic E-state index is 14.1. The van der Waals surface area contributed by atoms with E-state index in [1.54, 1.807) is 0 Å². The van der Waals surface area contributed by atoms with E-state index in [0.717, 1.165) is 19.4 Å². The average Bonchev–Trinajstić information content (AvgIpc) is 2.73. The van der Waals surface area contributed by atoms with Gasteiger partial charge in [0.2, 0.25) is 0 Å². The summed E-state index contributed by atoms with van der Waals surface area (Å²) in [6, 6.07) is 3.98. The van der Waals surface area contributed by atoms with Crippen LogP contribution in [-0.2, 0) is 0 Å². The zero-order valence-corrected chi connectivity index (χ0v) is 13.0. The van der Waals surface area contributed by atoms with Gasteiger partial charge < -0.3 is 5.32 Å². The molecular formula is C18H27F2N. The van der Waals surface area contributed by atoms with E-state index in [2.05, 4.69) is 12.2 Å². The fraction of sp³-hybridized carbons (Fsp3) is 0.667. The van der Waals surface area contributed by atoms with Crippen LogP contribution in [0.2, 0.25) is 0 Å². The lowest BCUT2D eigenvalue weighted by molar-refractivity contribution is 0.342. The number of benzene rings is 1. The van der Waals surface area contributed by atoms with Crippen molar-refractivity contribution in [3.8, 4) is 0 Å². The quantitative estimate of drug-likeness (QED) is 0.696. The largest absolute Gasteiger partial charge is 0.310 e. The summed E-state index contributed by atoms with van der Waals surface area (Å²) < 4.78 is 28.2. The van der Waals surface area contributed by atoms with E-state index in [1.807, 2.05) is 0 Å². The minimum Gasteiger partial charge on any atom is -0.310 e. The molecule has 0 bridgehead atoms. The summed E-state index contributed by atoms with van der Waals surface area (Å²) in [6.07, 6.45) is 9.32. The van der Waals surface area contributed by atoms with Gasteiger partial charge in [0.15, 0.2) is 0 Å². The highest BCUT2D eigenvalue weighted by molar-refractivity contribution is 5.23. The van der Waals surface area contributed by atoms with Gasteiger partial charge in [-0.05, 0) is 37.4 Å². The molecule has 1 fully saturated rings. The molecule has 0 amide bonds. The molecule has 0 heterocycles. The van der Waals surface area contributed by atoms with Crippen LogP contribution in [0.4, 0.5) is 8.78 Å². The van der Waals surface area contributed by atoms with Crippen LogP contribution in [0.25, 0.3) is 0 Å². The third-order valence-electron chi connectivity index (χ3n) is 4.53. The predicted molar refractivity (Wildman–Crippen MR) is 83.2 cm³/mol. The van der Waals surface area contributed by atoms with Gasteiger partial charge in [-0.1, -0.05) is 51.5 Å². The molecule has 1 atom stereocenters. The summed E-state index contributed by atoms with van der Waals surface area (Å²) in [7, 11) is 0. The Morgan fingerprint density at radius 2 is 1.71 bits per heavy atom. The van der Waals surface area contributed by atoms with Crippen molar-refractivity contribution < 1.29 is 8.78 Å². The summed E-state index contributed by atoms with van der Waals surface area (Å²) in [5.74, 6) is -0.254. The fourth-order valence-corrected chi connectivity index (χ4v) is 3.40. The van der Waals surface area contributed by atoms with Crippen molar-refractivity contribution in [2.75, 3.05) is 6.54 Å². The van der Waals surface area contributed by atoms with E-state index in [-0.39, 0.29) is 11.6 Å². The molecule has 0 saturated heterocycles. The van der Waals surface area contributed by atoms with Crippen LogP contribution < -0.4 is 5.32 Å². The standard InChI is InChI=1S/C18H27F2N/c1-2-12-21-17(13-14-8-5-3-4-6-9-14)18-15(19)10-7-11-16(18)20/h7,10-11,14,17,21H,2-6,8-9,12-13H2,1H3. The molecule has 1 N–H and O–H groups in total. The minimum absolute atomic E-state index is 0.200. The van der Waals surface area contributed by atoms with Gasteiger partial charge in [-0.2, -0.15) is 0 Å². The second-order valence-electron chi connectivity index (χ2n) is 6.24. The van der Waals surface area contributed by atoms with E-state index < -0.39 is 11.6 Å². The molecule has 1 aromatic rings. The zero-order chi connectivity index (χ0) is 15.1. The molecule has 21 heavy (non-hydrogen) atoms. The van der Waals surface area contributed by atoms with Gasteiger partial charge >= 0.3 is 0 Å². The topological polar surface area (TPSA) is 12.0 Å². The summed E-state index contributed by atoms with van der Waals surface area (Å²) in [6.45, 7) is 2.87. The smallest absolute Gasteiger partial charge is 0.130 e. The first-order valence-electron chi connectivity index (χ1n) is 8.39. The second-order valence-corrected chi connectivity index (χ2v) is 6.24. The van der Waals surface area contributed by atoms with Crippen molar-refractivity contribution in [2.45, 2.75) is 64.3 Å². The molecule has 118 valence electrons. The van der Waals surface area contributed by atoms with Gasteiger partial charge in [-0.15, -0.1) is 0 Å². The number of halogens is 2. The molecule has 1 aromatic carbocycles. The molecule has 1 aliphatic carbocycles. The van der Waals surface area contributed by atoms with Crippen LogP contribution in [0.5, 0.6) is 0 Å². The van der Waals surface area contributed by atoms with Gasteiger partial charge in [0.25, 0.3) is 0 Å². The number of rotatable bonds is 6. The molecule has 1 nitrogen and oxygen atoms in total. The van der Waals surface area contributed by atoms with Crippen molar-refractivity contribution in [3.63, 3.8) is 0 Å². The van der Waals surface area contributed by atoms with Gasteiger partial charge in [-0.25, -0.2) is 8.78 Å². The van der Waals surface area contributed by atoms with E-state index in [1.165, 1.54) is 56.7 Å². The first-order valence-corrected chi connectivity index (χ1v) is 8.39. The van der Waals surface area contributed by atoms with Crippen molar-refractivity contribution in [1.82, 2.24) is 5.32 Å². The van der Waals surface area contributed by atoms with E-state index in [4.69, 9.17) is 0 Å². The molecule has 0 aliphatic heterocycles. The Hall–Kier alpha value is -0.960. The average molecular weight is 295 g/mol. The third kappa shape index (κ3) is 4.77. The number of hydrogen-bond donors (Lipinski definition) is 1. The van der Waals surface area contributed by atoms with E-state index >= 15 is 0 Å². The maximum absolute atomic E-state index is 14.1. The Morgan fingerprint density at radius 1 is 1.10 bits per heavy atom. The number of hydrogen-bond acceptors (Lipinski definition) is 1. The van der Waals surface area contributed by atoms with Crippen LogP contribution in [0.1, 0.15) is 69.9 Å². The summed E-state index contributed by atoms with van der Waals surface area (Å²) in [4.78, 5) is 0. The highest BCUT2D eigenvalue weighted by Crippen LogP contribution is 2.33.